The highest BCUT2D eigenvalue weighted by atomic mass is 35.5. The van der Waals surface area contributed by atoms with Crippen molar-refractivity contribution in [3.8, 4) is 16.9 Å². The van der Waals surface area contributed by atoms with Gasteiger partial charge in [0.15, 0.2) is 5.78 Å². The number of aromatic carboxylic acids is 1. The summed E-state index contributed by atoms with van der Waals surface area (Å²) >= 11 is 6.18. The van der Waals surface area contributed by atoms with Crippen LogP contribution in [0.4, 0.5) is 10.1 Å². The molecule has 0 aliphatic heterocycles. The number of carbonyl (C=O) groups is 3. The second-order valence-corrected chi connectivity index (χ2v) is 9.37. The summed E-state index contributed by atoms with van der Waals surface area (Å²) in [6.07, 6.45) is 1.16. The lowest BCUT2D eigenvalue weighted by molar-refractivity contribution is -0.119. The molecule has 0 aliphatic carbocycles. The Morgan fingerprint density at radius 1 is 1.02 bits per heavy atom. The van der Waals surface area contributed by atoms with Gasteiger partial charge in [0.25, 0.3) is 5.56 Å². The smallest absolute Gasteiger partial charge is 0.335 e. The van der Waals surface area contributed by atoms with Crippen molar-refractivity contribution < 1.29 is 28.6 Å². The second kappa shape index (κ2) is 12.0. The van der Waals surface area contributed by atoms with Gasteiger partial charge < -0.3 is 15.2 Å². The van der Waals surface area contributed by atoms with E-state index in [-0.39, 0.29) is 34.8 Å². The Morgan fingerprint density at radius 2 is 1.73 bits per heavy atom. The molecule has 1 heterocycles. The maximum absolute atomic E-state index is 14.6. The van der Waals surface area contributed by atoms with E-state index in [0.717, 1.165) is 4.57 Å². The number of carboxylic acids is 1. The van der Waals surface area contributed by atoms with Gasteiger partial charge in [-0.2, -0.15) is 0 Å². The zero-order valence-corrected chi connectivity index (χ0v) is 22.2. The van der Waals surface area contributed by atoms with Gasteiger partial charge in [0.05, 0.1) is 18.9 Å². The number of hydrogen-bond donors (Lipinski definition) is 2. The summed E-state index contributed by atoms with van der Waals surface area (Å²) in [4.78, 5) is 50.5. The quantitative estimate of drug-likeness (QED) is 0.255. The maximum Gasteiger partial charge on any atom is 0.335 e. The van der Waals surface area contributed by atoms with E-state index in [1.165, 1.54) is 68.8 Å². The minimum atomic E-state index is -1.22. The first-order valence-corrected chi connectivity index (χ1v) is 12.5. The summed E-state index contributed by atoms with van der Waals surface area (Å²) in [5.41, 5.74) is 0.917. The van der Waals surface area contributed by atoms with E-state index >= 15 is 0 Å². The van der Waals surface area contributed by atoms with Gasteiger partial charge in [0, 0.05) is 34.3 Å². The molecular formula is C30H24ClFN2O6. The number of ether oxygens (including phenoxy) is 1. The van der Waals surface area contributed by atoms with Crippen LogP contribution in [0.2, 0.25) is 5.02 Å². The molecular weight excluding hydrogens is 539 g/mol. The third-order valence-corrected chi connectivity index (χ3v) is 6.56. The minimum absolute atomic E-state index is 0.0309. The number of benzene rings is 3. The fourth-order valence-corrected chi connectivity index (χ4v) is 4.48. The van der Waals surface area contributed by atoms with Crippen LogP contribution >= 0.6 is 11.6 Å². The molecule has 0 bridgehead atoms. The van der Waals surface area contributed by atoms with Crippen molar-refractivity contribution in [2.24, 2.45) is 0 Å². The van der Waals surface area contributed by atoms with Crippen molar-refractivity contribution in [1.29, 1.82) is 0 Å². The fourth-order valence-electron chi connectivity index (χ4n) is 4.30. The first kappa shape index (κ1) is 28.3. The number of halogens is 2. The molecule has 0 radical (unpaired) electrons. The number of nitrogens with one attached hydrogen (secondary N) is 1. The molecule has 2 N–H and O–H groups in total. The lowest BCUT2D eigenvalue weighted by atomic mass is 9.97. The van der Waals surface area contributed by atoms with Gasteiger partial charge in [-0.15, -0.1) is 0 Å². The van der Waals surface area contributed by atoms with Gasteiger partial charge in [0.1, 0.15) is 17.6 Å². The highest BCUT2D eigenvalue weighted by molar-refractivity contribution is 6.31. The number of anilines is 1. The van der Waals surface area contributed by atoms with Gasteiger partial charge in [-0.1, -0.05) is 29.8 Å². The van der Waals surface area contributed by atoms with Crippen LogP contribution in [0.5, 0.6) is 5.75 Å². The predicted octanol–water partition coefficient (Wildman–Crippen LogP) is 5.64. The average molecular weight is 563 g/mol. The van der Waals surface area contributed by atoms with Crippen molar-refractivity contribution in [2.75, 3.05) is 12.4 Å². The minimum Gasteiger partial charge on any atom is -0.495 e. The van der Waals surface area contributed by atoms with Crippen LogP contribution in [0.1, 0.15) is 39.2 Å². The number of Topliss-reactive ketones (excluding diaryl/α,β-unsaturated/α-hetero) is 1. The molecule has 1 unspecified atom stereocenters. The van der Waals surface area contributed by atoms with Crippen LogP contribution < -0.4 is 15.6 Å². The number of ketones is 1. The van der Waals surface area contributed by atoms with Crippen molar-refractivity contribution in [3.05, 3.63) is 117 Å². The van der Waals surface area contributed by atoms with Gasteiger partial charge in [-0.3, -0.25) is 19.0 Å². The Balaban J connectivity index is 1.81. The number of methoxy groups -OCH3 is 1. The average Bonchev–Trinajstić information content (AvgIpc) is 2.92. The third-order valence-electron chi connectivity index (χ3n) is 6.32. The molecule has 0 spiro atoms. The van der Waals surface area contributed by atoms with Crippen LogP contribution in [0.15, 0.2) is 83.8 Å². The molecule has 3 aromatic carbocycles. The van der Waals surface area contributed by atoms with Gasteiger partial charge in [-0.25, -0.2) is 9.18 Å². The van der Waals surface area contributed by atoms with Gasteiger partial charge in [0.2, 0.25) is 5.91 Å². The van der Waals surface area contributed by atoms with E-state index in [9.17, 15) is 23.6 Å². The Labute approximate surface area is 233 Å². The van der Waals surface area contributed by atoms with E-state index in [4.69, 9.17) is 21.4 Å². The molecule has 8 nitrogen and oxygen atoms in total. The summed E-state index contributed by atoms with van der Waals surface area (Å²) in [5.74, 6) is -2.38. The van der Waals surface area contributed by atoms with Crippen LogP contribution in [0, 0.1) is 5.82 Å². The van der Waals surface area contributed by atoms with Crippen LogP contribution in [0.3, 0.4) is 0 Å². The highest BCUT2D eigenvalue weighted by Gasteiger charge is 2.26. The lowest BCUT2D eigenvalue weighted by Gasteiger charge is -2.22. The first-order chi connectivity index (χ1) is 19.1. The molecule has 1 amide bonds. The predicted molar refractivity (Wildman–Crippen MR) is 149 cm³/mol. The van der Waals surface area contributed by atoms with Gasteiger partial charge in [-0.05, 0) is 66.6 Å². The molecule has 0 fully saturated rings. The number of nitrogens with zero attached hydrogens (tertiary/aromatic N) is 1. The Kier molecular flexibility index (Phi) is 8.45. The Morgan fingerprint density at radius 3 is 2.35 bits per heavy atom. The molecule has 0 aliphatic rings. The SMILES string of the molecule is COc1cn(C(Cc2ccccc2F)C(=O)Nc2ccc(C(=O)O)cc2)c(=O)cc1-c1cc(Cl)ccc1C(C)=O. The third kappa shape index (κ3) is 6.10. The summed E-state index contributed by atoms with van der Waals surface area (Å²) in [6, 6.07) is 16.0. The molecule has 1 atom stereocenters. The zero-order valence-electron chi connectivity index (χ0n) is 21.5. The monoisotopic (exact) mass is 562 g/mol. The van der Waals surface area contributed by atoms with Gasteiger partial charge >= 0.3 is 5.97 Å². The van der Waals surface area contributed by atoms with Crippen molar-refractivity contribution in [1.82, 2.24) is 4.57 Å². The topological polar surface area (TPSA) is 115 Å². The van der Waals surface area contributed by atoms with E-state index in [1.807, 2.05) is 0 Å². The molecule has 4 aromatic rings. The van der Waals surface area contributed by atoms with Crippen molar-refractivity contribution in [3.63, 3.8) is 0 Å². The van der Waals surface area contributed by atoms with Crippen molar-refractivity contribution >= 4 is 34.9 Å². The summed E-state index contributed by atoms with van der Waals surface area (Å²) in [5, 5.41) is 12.1. The van der Waals surface area contributed by atoms with E-state index < -0.39 is 29.3 Å². The molecule has 40 heavy (non-hydrogen) atoms. The number of aromatic nitrogens is 1. The fraction of sp³-hybridized carbons (Fsp3) is 0.133. The lowest BCUT2D eigenvalue weighted by Crippen LogP contribution is -2.34. The highest BCUT2D eigenvalue weighted by Crippen LogP contribution is 2.34. The first-order valence-electron chi connectivity index (χ1n) is 12.1. The van der Waals surface area contributed by atoms with Crippen LogP contribution in [-0.4, -0.2) is 34.4 Å². The number of carbonyl (C=O) groups excluding carboxylic acids is 2. The number of amides is 1. The summed E-state index contributed by atoms with van der Waals surface area (Å²) in [7, 11) is 1.38. The van der Waals surface area contributed by atoms with Crippen molar-refractivity contribution in [2.45, 2.75) is 19.4 Å². The maximum atomic E-state index is 14.6. The second-order valence-electron chi connectivity index (χ2n) is 8.93. The molecule has 1 aromatic heterocycles. The summed E-state index contributed by atoms with van der Waals surface area (Å²) < 4.78 is 21.3. The van der Waals surface area contributed by atoms with E-state index in [2.05, 4.69) is 5.32 Å². The summed E-state index contributed by atoms with van der Waals surface area (Å²) in [6.45, 7) is 1.39. The van der Waals surface area contributed by atoms with E-state index in [0.29, 0.717) is 21.7 Å². The van der Waals surface area contributed by atoms with E-state index in [1.54, 1.807) is 24.3 Å². The Hall–Kier alpha value is -4.76. The number of rotatable bonds is 9. The largest absolute Gasteiger partial charge is 0.495 e. The molecule has 204 valence electrons. The Bertz CT molecular complexity index is 1670. The normalized spacial score (nSPS) is 11.5. The molecule has 10 heteroatoms. The standard InChI is InChI=1S/C30H24ClFN2O6/c1-17(35)22-12-9-20(31)14-23(22)24-15-28(36)34(16-27(24)40-2)26(13-19-5-3-4-6-25(19)32)29(37)33-21-10-7-18(8-11-21)30(38)39/h3-12,14-16,26H,13H2,1-2H3,(H,33,37)(H,38,39). The molecule has 0 saturated carbocycles. The molecule has 4 rings (SSSR count). The molecule has 0 saturated heterocycles. The zero-order chi connectivity index (χ0) is 29.0. The number of hydrogen-bond acceptors (Lipinski definition) is 5. The van der Waals surface area contributed by atoms with Crippen LogP contribution in [0.25, 0.3) is 11.1 Å². The van der Waals surface area contributed by atoms with Crippen LogP contribution in [-0.2, 0) is 11.2 Å². The number of carboxylic acid groups (broad SMARTS) is 1. The number of pyridine rings is 1.